The topological polar surface area (TPSA) is 149 Å². The Hall–Kier alpha value is -4.53. The number of amides is 2. The zero-order chi connectivity index (χ0) is 29.0. The van der Waals surface area contributed by atoms with Crippen molar-refractivity contribution in [3.8, 4) is 6.07 Å². The number of aryl methyl sites for hydroxylation is 1. The molecule has 2 heterocycles. The number of nitrogens with zero attached hydrogens (tertiary/aromatic N) is 4. The second kappa shape index (κ2) is 11.7. The molecule has 206 valence electrons. The van der Waals surface area contributed by atoms with Crippen LogP contribution in [0.25, 0.3) is 10.3 Å². The molecule has 0 aliphatic rings. The third kappa shape index (κ3) is 6.36. The lowest BCUT2D eigenvalue weighted by molar-refractivity contribution is 0.102. The van der Waals surface area contributed by atoms with Crippen LogP contribution in [0.15, 0.2) is 48.7 Å². The lowest BCUT2D eigenvalue weighted by atomic mass is 9.85. The number of hydrogen-bond acceptors (Lipinski definition) is 9. The van der Waals surface area contributed by atoms with Crippen molar-refractivity contribution in [2.75, 3.05) is 48.9 Å². The third-order valence-corrected chi connectivity index (χ3v) is 7.48. The second-order valence-corrected chi connectivity index (χ2v) is 11.2. The minimum absolute atomic E-state index is 0.267. The fraction of sp³-hybridized carbons (Fsp3) is 0.276. The van der Waals surface area contributed by atoms with E-state index in [1.807, 2.05) is 33.2 Å². The maximum absolute atomic E-state index is 13.2. The van der Waals surface area contributed by atoms with Gasteiger partial charge in [0.25, 0.3) is 11.8 Å². The summed E-state index contributed by atoms with van der Waals surface area (Å²) < 4.78 is 0. The van der Waals surface area contributed by atoms with E-state index in [1.165, 1.54) is 11.3 Å². The van der Waals surface area contributed by atoms with E-state index < -0.39 is 5.41 Å². The van der Waals surface area contributed by atoms with Crippen molar-refractivity contribution < 1.29 is 9.59 Å². The lowest BCUT2D eigenvalue weighted by Gasteiger charge is -2.17. The summed E-state index contributed by atoms with van der Waals surface area (Å²) in [4.78, 5) is 38.1. The molecule has 40 heavy (non-hydrogen) atoms. The van der Waals surface area contributed by atoms with Gasteiger partial charge in [-0.1, -0.05) is 18.2 Å². The number of likely N-dealkylation sites (N-methyl/N-ethyl adjacent to an activating group) is 1. The number of nitrogens with two attached hydrogens (primary N) is 1. The Bertz CT molecular complexity index is 1620. The average molecular weight is 557 g/mol. The van der Waals surface area contributed by atoms with Gasteiger partial charge in [0.05, 0.1) is 23.4 Å². The maximum Gasteiger partial charge on any atom is 0.268 e. The van der Waals surface area contributed by atoms with Crippen molar-refractivity contribution in [2.45, 2.75) is 26.2 Å². The van der Waals surface area contributed by atoms with Crippen molar-refractivity contribution in [1.82, 2.24) is 14.9 Å². The lowest BCUT2D eigenvalue weighted by Crippen LogP contribution is -2.21. The highest BCUT2D eigenvalue weighted by molar-refractivity contribution is 7.21. The van der Waals surface area contributed by atoms with Gasteiger partial charge >= 0.3 is 0 Å². The zero-order valence-corrected chi connectivity index (χ0v) is 23.9. The molecule has 2 aromatic heterocycles. The number of thiophene rings is 1. The molecule has 5 N–H and O–H groups in total. The fourth-order valence-corrected chi connectivity index (χ4v) is 4.78. The highest BCUT2D eigenvalue weighted by Crippen LogP contribution is 2.33. The minimum Gasteiger partial charge on any atom is -0.396 e. The molecule has 11 heteroatoms. The molecule has 0 atom stereocenters. The SMILES string of the molecule is Cc1ccc(NC(=O)c2cccc(C(C)(C)C#N)c2)cc1NC(=O)c1sc2ncc(NCCN(C)C)nc2c1N. The number of nitrogen functional groups attached to an aromatic ring is 1. The molecule has 2 amide bonds. The second-order valence-electron chi connectivity index (χ2n) is 10.2. The van der Waals surface area contributed by atoms with E-state index in [-0.39, 0.29) is 17.5 Å². The first-order chi connectivity index (χ1) is 19.0. The highest BCUT2D eigenvalue weighted by atomic mass is 32.1. The van der Waals surface area contributed by atoms with Crippen LogP contribution in [0.4, 0.5) is 22.9 Å². The van der Waals surface area contributed by atoms with Crippen LogP contribution >= 0.6 is 11.3 Å². The molecule has 0 saturated heterocycles. The van der Waals surface area contributed by atoms with Crippen LogP contribution in [0, 0.1) is 18.3 Å². The van der Waals surface area contributed by atoms with Gasteiger partial charge in [-0.15, -0.1) is 11.3 Å². The summed E-state index contributed by atoms with van der Waals surface area (Å²) in [6.07, 6.45) is 1.63. The summed E-state index contributed by atoms with van der Waals surface area (Å²) >= 11 is 1.17. The first-order valence-corrected chi connectivity index (χ1v) is 13.5. The number of fused-ring (bicyclic) bond motifs is 1. The van der Waals surface area contributed by atoms with Gasteiger partial charge in [0, 0.05) is 30.0 Å². The van der Waals surface area contributed by atoms with Gasteiger partial charge in [-0.2, -0.15) is 5.26 Å². The number of aromatic nitrogens is 2. The smallest absolute Gasteiger partial charge is 0.268 e. The van der Waals surface area contributed by atoms with Gasteiger partial charge in [0.15, 0.2) is 0 Å². The summed E-state index contributed by atoms with van der Waals surface area (Å²) in [6, 6.07) is 14.5. The number of carbonyl (C=O) groups excluding carboxylic acids is 2. The molecular weight excluding hydrogens is 524 g/mol. The van der Waals surface area contributed by atoms with Gasteiger partial charge in [-0.25, -0.2) is 9.97 Å². The van der Waals surface area contributed by atoms with Gasteiger partial charge in [0.2, 0.25) is 0 Å². The molecule has 0 aliphatic heterocycles. The molecule has 0 bridgehead atoms. The third-order valence-electron chi connectivity index (χ3n) is 6.38. The van der Waals surface area contributed by atoms with Crippen molar-refractivity contribution >= 4 is 56.4 Å². The molecule has 0 radical (unpaired) electrons. The number of benzene rings is 2. The van der Waals surface area contributed by atoms with Crippen molar-refractivity contribution in [3.05, 3.63) is 70.2 Å². The summed E-state index contributed by atoms with van der Waals surface area (Å²) in [7, 11) is 3.97. The van der Waals surface area contributed by atoms with Crippen LogP contribution < -0.4 is 21.7 Å². The van der Waals surface area contributed by atoms with Gasteiger partial charge in [-0.3, -0.25) is 9.59 Å². The summed E-state index contributed by atoms with van der Waals surface area (Å²) in [5.74, 6) is -0.119. The van der Waals surface area contributed by atoms with Crippen molar-refractivity contribution in [1.29, 1.82) is 5.26 Å². The van der Waals surface area contributed by atoms with E-state index in [4.69, 9.17) is 5.73 Å². The molecule has 10 nitrogen and oxygen atoms in total. The van der Waals surface area contributed by atoms with Gasteiger partial charge < -0.3 is 26.6 Å². The normalized spacial score (nSPS) is 11.3. The highest BCUT2D eigenvalue weighted by Gasteiger charge is 2.22. The Balaban J connectivity index is 1.50. The zero-order valence-electron chi connectivity index (χ0n) is 23.1. The van der Waals surface area contributed by atoms with Crippen molar-refractivity contribution in [2.24, 2.45) is 0 Å². The largest absolute Gasteiger partial charge is 0.396 e. The predicted octanol–water partition coefficient (Wildman–Crippen LogP) is 4.86. The standard InChI is InChI=1S/C29H32N8O2S/c1-17-9-10-20(34-26(38)18-7-6-8-19(13-18)29(2,3)16-30)14-21(17)35-27(39)25-23(31)24-28(40-25)33-15-22(36-24)32-11-12-37(4)5/h6-10,13-15H,11-12,31H2,1-5H3,(H,32,36)(H,34,38)(H,35,39). The monoisotopic (exact) mass is 556 g/mol. The molecule has 2 aromatic carbocycles. The van der Waals surface area contributed by atoms with Crippen LogP contribution in [0.3, 0.4) is 0 Å². The number of hydrogen-bond donors (Lipinski definition) is 4. The van der Waals surface area contributed by atoms with Crippen LogP contribution in [0.1, 0.15) is 45.0 Å². The van der Waals surface area contributed by atoms with E-state index in [1.54, 1.807) is 50.4 Å². The molecular formula is C29H32N8O2S. The number of nitriles is 1. The minimum atomic E-state index is -0.721. The Morgan fingerprint density at radius 1 is 1.12 bits per heavy atom. The van der Waals surface area contributed by atoms with E-state index in [9.17, 15) is 14.9 Å². The van der Waals surface area contributed by atoms with Crippen LogP contribution in [-0.4, -0.2) is 53.9 Å². The van der Waals surface area contributed by atoms with Crippen molar-refractivity contribution in [3.63, 3.8) is 0 Å². The summed E-state index contributed by atoms with van der Waals surface area (Å²) in [5, 5.41) is 18.4. The Kier molecular flexibility index (Phi) is 8.32. The number of rotatable bonds is 9. The summed E-state index contributed by atoms with van der Waals surface area (Å²) in [6.45, 7) is 6.99. The number of carbonyl (C=O) groups is 2. The first-order valence-electron chi connectivity index (χ1n) is 12.7. The van der Waals surface area contributed by atoms with Crippen LogP contribution in [-0.2, 0) is 5.41 Å². The van der Waals surface area contributed by atoms with E-state index in [0.29, 0.717) is 44.5 Å². The Morgan fingerprint density at radius 2 is 1.90 bits per heavy atom. The first kappa shape index (κ1) is 28.5. The number of anilines is 4. The average Bonchev–Trinajstić information content (AvgIpc) is 3.26. The molecule has 0 aliphatic carbocycles. The number of nitrogens with one attached hydrogen (secondary N) is 3. The molecule has 0 unspecified atom stereocenters. The van der Waals surface area contributed by atoms with Crippen LogP contribution in [0.2, 0.25) is 0 Å². The van der Waals surface area contributed by atoms with E-state index in [2.05, 4.69) is 36.9 Å². The van der Waals surface area contributed by atoms with E-state index >= 15 is 0 Å². The van der Waals surface area contributed by atoms with Crippen LogP contribution in [0.5, 0.6) is 0 Å². The van der Waals surface area contributed by atoms with Gasteiger partial charge in [-0.05, 0) is 70.3 Å². The predicted molar refractivity (Wildman–Crippen MR) is 161 cm³/mol. The summed E-state index contributed by atoms with van der Waals surface area (Å²) in [5.41, 5.74) is 9.39. The quantitative estimate of drug-likeness (QED) is 0.228. The Labute approximate surface area is 237 Å². The fourth-order valence-electron chi connectivity index (χ4n) is 3.88. The molecule has 0 spiro atoms. The molecule has 4 aromatic rings. The van der Waals surface area contributed by atoms with E-state index in [0.717, 1.165) is 17.7 Å². The maximum atomic E-state index is 13.2. The van der Waals surface area contributed by atoms with Gasteiger partial charge in [0.1, 0.15) is 21.0 Å². The molecule has 0 fully saturated rings. The Morgan fingerprint density at radius 3 is 2.62 bits per heavy atom. The molecule has 0 saturated carbocycles. The molecule has 4 rings (SSSR count).